The minimum Gasteiger partial charge on any atom is -0.395 e. The number of halogens is 5. The summed E-state index contributed by atoms with van der Waals surface area (Å²) in [5.41, 5.74) is 0.894. The summed E-state index contributed by atoms with van der Waals surface area (Å²) in [7, 11) is 0. The normalized spacial score (nSPS) is 10.5. The van der Waals surface area contributed by atoms with Crippen molar-refractivity contribution in [2.75, 3.05) is 18.5 Å². The second-order valence-electron chi connectivity index (χ2n) is 2.60. The number of rotatable bonds is 3. The van der Waals surface area contributed by atoms with E-state index in [-0.39, 0.29) is 6.61 Å². The number of anilines is 1. The average Bonchev–Trinajstić information content (AvgIpc) is 2.24. The molecule has 0 fully saturated rings. The second kappa shape index (κ2) is 6.35. The third kappa shape index (κ3) is 3.19. The van der Waals surface area contributed by atoms with E-state index in [1.54, 1.807) is 0 Å². The Labute approximate surface area is 130 Å². The molecule has 0 atom stereocenters. The van der Waals surface area contributed by atoms with Gasteiger partial charge in [-0.25, -0.2) is 0 Å². The van der Waals surface area contributed by atoms with Crippen molar-refractivity contribution < 1.29 is 5.11 Å². The summed E-state index contributed by atoms with van der Waals surface area (Å²) < 4.78 is 4.56. The third-order valence-corrected chi connectivity index (χ3v) is 7.72. The summed E-state index contributed by atoms with van der Waals surface area (Å²) in [6.07, 6.45) is 0. The quantitative estimate of drug-likeness (QED) is 0.430. The van der Waals surface area contributed by atoms with Gasteiger partial charge in [-0.2, -0.15) is 0 Å². The van der Waals surface area contributed by atoms with E-state index >= 15 is 0 Å². The predicted molar refractivity (Wildman–Crippen MR) is 80.5 cm³/mol. The van der Waals surface area contributed by atoms with E-state index in [4.69, 9.17) is 5.11 Å². The van der Waals surface area contributed by atoms with Gasteiger partial charge in [0.1, 0.15) is 0 Å². The van der Waals surface area contributed by atoms with E-state index in [1.165, 1.54) is 0 Å². The van der Waals surface area contributed by atoms with Crippen LogP contribution in [0.15, 0.2) is 22.4 Å². The molecule has 84 valence electrons. The van der Waals surface area contributed by atoms with E-state index in [2.05, 4.69) is 85.0 Å². The predicted octanol–water partition coefficient (Wildman–Crippen LogP) is 4.90. The van der Waals surface area contributed by atoms with Gasteiger partial charge < -0.3 is 10.4 Å². The van der Waals surface area contributed by atoms with Crippen molar-refractivity contribution >= 4 is 85.3 Å². The molecule has 1 rings (SSSR count). The number of hydrogen-bond acceptors (Lipinski definition) is 2. The van der Waals surface area contributed by atoms with E-state index in [1.807, 2.05) is 0 Å². The van der Waals surface area contributed by atoms with Crippen LogP contribution in [0.2, 0.25) is 0 Å². The summed E-state index contributed by atoms with van der Waals surface area (Å²) in [4.78, 5) is 0. The van der Waals surface area contributed by atoms with Crippen LogP contribution in [0.25, 0.3) is 0 Å². The van der Waals surface area contributed by atoms with Crippen molar-refractivity contribution in [1.29, 1.82) is 0 Å². The largest absolute Gasteiger partial charge is 0.395 e. The molecule has 0 aliphatic heterocycles. The van der Waals surface area contributed by atoms with Gasteiger partial charge in [-0.15, -0.1) is 0 Å². The van der Waals surface area contributed by atoms with E-state index in [0.717, 1.165) is 28.1 Å². The molecule has 2 N–H and O–H groups in total. The Kier molecular flexibility index (Phi) is 6.11. The molecular weight excluding hydrogens is 526 g/mol. The first-order valence-electron chi connectivity index (χ1n) is 3.86. The summed E-state index contributed by atoms with van der Waals surface area (Å²) in [6.45, 7) is 0.585. The molecule has 1 aromatic rings. The number of nitrogens with one attached hydrogen (secondary N) is 1. The maximum absolute atomic E-state index is 8.78. The lowest BCUT2D eigenvalue weighted by Crippen LogP contribution is -2.07. The molecule has 2 nitrogen and oxygen atoms in total. The van der Waals surface area contributed by atoms with Gasteiger partial charge in [-0.3, -0.25) is 0 Å². The van der Waals surface area contributed by atoms with E-state index in [0.29, 0.717) is 6.54 Å². The van der Waals surface area contributed by atoms with Crippen LogP contribution in [0.4, 0.5) is 5.69 Å². The maximum atomic E-state index is 8.78. The molecule has 0 saturated carbocycles. The summed E-state index contributed by atoms with van der Waals surface area (Å²) in [6, 6.07) is 0. The van der Waals surface area contributed by atoms with Gasteiger partial charge in [-0.05, 0) is 79.6 Å². The molecule has 15 heavy (non-hydrogen) atoms. The summed E-state index contributed by atoms with van der Waals surface area (Å²) >= 11 is 17.3. The number of aliphatic hydroxyl groups excluding tert-OH is 1. The van der Waals surface area contributed by atoms with Crippen LogP contribution < -0.4 is 5.32 Å². The molecule has 1 aromatic carbocycles. The minimum absolute atomic E-state index is 0.0875. The van der Waals surface area contributed by atoms with Gasteiger partial charge >= 0.3 is 0 Å². The standard InChI is InChI=1S/C8H6Br5NO/c9-3-4(10)6(12)8(14-1-2-15)7(13)5(3)11/h14-15H,1-2H2. The number of benzene rings is 1. The lowest BCUT2D eigenvalue weighted by atomic mass is 10.3. The molecule has 0 bridgehead atoms. The average molecular weight is 532 g/mol. The fraction of sp³-hybridized carbons (Fsp3) is 0.250. The van der Waals surface area contributed by atoms with Crippen molar-refractivity contribution in [3.8, 4) is 0 Å². The highest BCUT2D eigenvalue weighted by atomic mass is 79.9. The molecule has 0 spiro atoms. The van der Waals surface area contributed by atoms with E-state index < -0.39 is 0 Å². The lowest BCUT2D eigenvalue weighted by Gasteiger charge is -2.14. The molecular formula is C8H6Br5NO. The van der Waals surface area contributed by atoms with Crippen LogP contribution in [0.5, 0.6) is 0 Å². The highest BCUT2D eigenvalue weighted by molar-refractivity contribution is 9.15. The first kappa shape index (κ1) is 14.4. The topological polar surface area (TPSA) is 32.3 Å². The first-order valence-corrected chi connectivity index (χ1v) is 7.83. The molecule has 0 radical (unpaired) electrons. The van der Waals surface area contributed by atoms with Crippen molar-refractivity contribution in [1.82, 2.24) is 0 Å². The van der Waals surface area contributed by atoms with Crippen molar-refractivity contribution in [2.24, 2.45) is 0 Å². The number of aliphatic hydroxyl groups is 1. The van der Waals surface area contributed by atoms with Gasteiger partial charge in [0.2, 0.25) is 0 Å². The summed E-state index contributed by atoms with van der Waals surface area (Å²) in [5.74, 6) is 0. The van der Waals surface area contributed by atoms with Crippen LogP contribution in [0.1, 0.15) is 0 Å². The van der Waals surface area contributed by atoms with Crippen LogP contribution in [-0.4, -0.2) is 18.3 Å². The molecule has 0 aliphatic rings. The lowest BCUT2D eigenvalue weighted by molar-refractivity contribution is 0.311. The van der Waals surface area contributed by atoms with Gasteiger partial charge in [0, 0.05) is 20.0 Å². The zero-order valence-corrected chi connectivity index (χ0v) is 15.2. The van der Waals surface area contributed by atoms with Crippen molar-refractivity contribution in [3.63, 3.8) is 0 Å². The summed E-state index contributed by atoms with van der Waals surface area (Å²) in [5, 5.41) is 11.9. The Morgan fingerprint density at radius 3 is 1.60 bits per heavy atom. The Hall–Kier alpha value is 1.38. The molecule has 0 unspecified atom stereocenters. The molecule has 7 heteroatoms. The zero-order chi connectivity index (χ0) is 11.6. The Morgan fingerprint density at radius 1 is 0.800 bits per heavy atom. The van der Waals surface area contributed by atoms with Gasteiger partial charge in [0.25, 0.3) is 0 Å². The van der Waals surface area contributed by atoms with Gasteiger partial charge in [-0.1, -0.05) is 0 Å². The van der Waals surface area contributed by atoms with Crippen molar-refractivity contribution in [3.05, 3.63) is 22.4 Å². The Morgan fingerprint density at radius 2 is 1.20 bits per heavy atom. The second-order valence-corrected chi connectivity index (χ2v) is 6.56. The van der Waals surface area contributed by atoms with Crippen LogP contribution in [0, 0.1) is 0 Å². The fourth-order valence-corrected chi connectivity index (χ4v) is 4.27. The number of hydrogen-bond donors (Lipinski definition) is 2. The highest BCUT2D eigenvalue weighted by Crippen LogP contribution is 2.47. The van der Waals surface area contributed by atoms with Crippen molar-refractivity contribution in [2.45, 2.75) is 0 Å². The molecule has 0 aliphatic carbocycles. The molecule has 0 heterocycles. The molecule has 0 amide bonds. The van der Waals surface area contributed by atoms with Gasteiger partial charge in [0.15, 0.2) is 0 Å². The Bertz CT molecular complexity index is 353. The fourth-order valence-electron chi connectivity index (χ4n) is 0.941. The van der Waals surface area contributed by atoms with E-state index in [9.17, 15) is 0 Å². The smallest absolute Gasteiger partial charge is 0.0653 e. The molecule has 0 aromatic heterocycles. The third-order valence-electron chi connectivity index (χ3n) is 1.62. The Balaban J connectivity index is 3.26. The monoisotopic (exact) mass is 527 g/mol. The molecule has 0 saturated heterocycles. The minimum atomic E-state index is 0.0875. The maximum Gasteiger partial charge on any atom is 0.0653 e. The van der Waals surface area contributed by atoms with Gasteiger partial charge in [0.05, 0.1) is 21.2 Å². The highest BCUT2D eigenvalue weighted by Gasteiger charge is 2.16. The zero-order valence-electron chi connectivity index (χ0n) is 7.25. The van der Waals surface area contributed by atoms with Crippen LogP contribution in [-0.2, 0) is 0 Å². The first-order chi connectivity index (χ1) is 7.00. The van der Waals surface area contributed by atoms with Crippen LogP contribution in [0.3, 0.4) is 0 Å². The van der Waals surface area contributed by atoms with Crippen LogP contribution >= 0.6 is 79.6 Å². The SMILES string of the molecule is OCCNc1c(Br)c(Br)c(Br)c(Br)c1Br.